The van der Waals surface area contributed by atoms with Crippen molar-refractivity contribution in [2.75, 3.05) is 0 Å². The first-order valence-corrected chi connectivity index (χ1v) is 5.04. The van der Waals surface area contributed by atoms with Crippen LogP contribution in [0.25, 0.3) is 11.1 Å². The molecule has 0 aliphatic rings. The van der Waals surface area contributed by atoms with Crippen molar-refractivity contribution in [1.82, 2.24) is 4.98 Å². The van der Waals surface area contributed by atoms with Crippen molar-refractivity contribution >= 4 is 5.97 Å². The van der Waals surface area contributed by atoms with Gasteiger partial charge in [0.1, 0.15) is 5.82 Å². The maximum atomic E-state index is 13.0. The zero-order chi connectivity index (χ0) is 12.4. The molecule has 0 spiro atoms. The molecule has 0 aliphatic carbocycles. The lowest BCUT2D eigenvalue weighted by Gasteiger charge is -2.06. The second-order valence-electron chi connectivity index (χ2n) is 3.68. The third-order valence-corrected chi connectivity index (χ3v) is 2.42. The number of rotatable bonds is 2. The highest BCUT2D eigenvalue weighted by molar-refractivity contribution is 5.96. The summed E-state index contributed by atoms with van der Waals surface area (Å²) in [5.41, 5.74) is 1.94. The van der Waals surface area contributed by atoms with Crippen LogP contribution in [0.1, 0.15) is 16.1 Å². The van der Waals surface area contributed by atoms with E-state index in [1.807, 2.05) is 6.92 Å². The summed E-state index contributed by atoms with van der Waals surface area (Å²) in [6.07, 6.45) is 1.60. The quantitative estimate of drug-likeness (QED) is 0.864. The van der Waals surface area contributed by atoms with Gasteiger partial charge in [0.15, 0.2) is 0 Å². The summed E-state index contributed by atoms with van der Waals surface area (Å²) < 4.78 is 13.0. The Kier molecular flexibility index (Phi) is 2.87. The molecule has 0 atom stereocenters. The van der Waals surface area contributed by atoms with Crippen LogP contribution in [0.15, 0.2) is 36.5 Å². The van der Waals surface area contributed by atoms with Crippen molar-refractivity contribution in [3.05, 3.63) is 53.6 Å². The molecule has 0 unspecified atom stereocenters. The van der Waals surface area contributed by atoms with E-state index < -0.39 is 11.8 Å². The number of nitrogens with zero attached hydrogens (tertiary/aromatic N) is 1. The number of carboxylic acids is 1. The first kappa shape index (κ1) is 11.3. The van der Waals surface area contributed by atoms with Gasteiger partial charge in [0.2, 0.25) is 0 Å². The number of benzene rings is 1. The number of hydrogen-bond acceptors (Lipinski definition) is 2. The van der Waals surface area contributed by atoms with E-state index in [1.165, 1.54) is 12.1 Å². The highest BCUT2D eigenvalue weighted by Gasteiger charge is 2.12. The Labute approximate surface area is 97.6 Å². The molecule has 1 heterocycles. The van der Waals surface area contributed by atoms with Gasteiger partial charge in [-0.2, -0.15) is 0 Å². The average Bonchev–Trinajstić information content (AvgIpc) is 2.28. The molecule has 0 aliphatic heterocycles. The second kappa shape index (κ2) is 4.33. The fourth-order valence-corrected chi connectivity index (χ4v) is 1.66. The monoisotopic (exact) mass is 231 g/mol. The number of carbonyl (C=O) groups is 1. The smallest absolute Gasteiger partial charge is 0.336 e. The first-order chi connectivity index (χ1) is 8.08. The van der Waals surface area contributed by atoms with Gasteiger partial charge < -0.3 is 5.11 Å². The van der Waals surface area contributed by atoms with Crippen LogP contribution in [-0.2, 0) is 0 Å². The fourth-order valence-electron chi connectivity index (χ4n) is 1.66. The molecule has 1 aromatic heterocycles. The number of aryl methyl sites for hydroxylation is 1. The molecule has 0 fully saturated rings. The highest BCUT2D eigenvalue weighted by atomic mass is 19.1. The van der Waals surface area contributed by atoms with E-state index >= 15 is 0 Å². The van der Waals surface area contributed by atoms with Crippen LogP contribution >= 0.6 is 0 Å². The van der Waals surface area contributed by atoms with Crippen molar-refractivity contribution in [2.24, 2.45) is 0 Å². The summed E-state index contributed by atoms with van der Waals surface area (Å²) in [6.45, 7) is 1.81. The number of halogens is 1. The molecule has 2 aromatic rings. The van der Waals surface area contributed by atoms with Gasteiger partial charge in [-0.25, -0.2) is 9.18 Å². The van der Waals surface area contributed by atoms with E-state index in [0.29, 0.717) is 5.56 Å². The van der Waals surface area contributed by atoms with Gasteiger partial charge in [-0.1, -0.05) is 6.07 Å². The predicted octanol–water partition coefficient (Wildman–Crippen LogP) is 2.89. The standard InChI is InChI=1S/C13H10FNO2/c1-8-6-9(4-5-15-8)11-3-2-10(14)7-12(11)13(16)17/h2-7H,1H3,(H,16,17). The van der Waals surface area contributed by atoms with Crippen molar-refractivity contribution in [3.8, 4) is 11.1 Å². The van der Waals surface area contributed by atoms with Crippen LogP contribution in [0.3, 0.4) is 0 Å². The molecular weight excluding hydrogens is 221 g/mol. The summed E-state index contributed by atoms with van der Waals surface area (Å²) in [7, 11) is 0. The lowest BCUT2D eigenvalue weighted by molar-refractivity contribution is 0.0697. The van der Waals surface area contributed by atoms with E-state index in [-0.39, 0.29) is 5.56 Å². The van der Waals surface area contributed by atoms with Gasteiger partial charge in [0.25, 0.3) is 0 Å². The average molecular weight is 231 g/mol. The Hall–Kier alpha value is -2.23. The highest BCUT2D eigenvalue weighted by Crippen LogP contribution is 2.24. The molecule has 1 N–H and O–H groups in total. The predicted molar refractivity (Wildman–Crippen MR) is 61.3 cm³/mol. The zero-order valence-corrected chi connectivity index (χ0v) is 9.14. The minimum atomic E-state index is -1.14. The Morgan fingerprint density at radius 1 is 1.29 bits per heavy atom. The molecule has 4 heteroatoms. The molecule has 86 valence electrons. The number of carboxylic acid groups (broad SMARTS) is 1. The summed E-state index contributed by atoms with van der Waals surface area (Å²) in [4.78, 5) is 15.1. The molecule has 0 amide bonds. The summed E-state index contributed by atoms with van der Waals surface area (Å²) >= 11 is 0. The van der Waals surface area contributed by atoms with E-state index in [1.54, 1.807) is 18.3 Å². The van der Waals surface area contributed by atoms with Crippen molar-refractivity contribution in [2.45, 2.75) is 6.92 Å². The van der Waals surface area contributed by atoms with Gasteiger partial charge in [-0.15, -0.1) is 0 Å². The van der Waals surface area contributed by atoms with Gasteiger partial charge in [-0.05, 0) is 42.3 Å². The summed E-state index contributed by atoms with van der Waals surface area (Å²) in [6, 6.07) is 7.20. The molecular formula is C13H10FNO2. The fraction of sp³-hybridized carbons (Fsp3) is 0.0769. The zero-order valence-electron chi connectivity index (χ0n) is 9.14. The van der Waals surface area contributed by atoms with E-state index in [0.717, 1.165) is 17.3 Å². The van der Waals surface area contributed by atoms with Crippen molar-refractivity contribution in [3.63, 3.8) is 0 Å². The van der Waals surface area contributed by atoms with Crippen LogP contribution in [0.2, 0.25) is 0 Å². The molecule has 2 rings (SSSR count). The van der Waals surface area contributed by atoms with Crippen LogP contribution in [0.4, 0.5) is 4.39 Å². The Balaban J connectivity index is 2.63. The van der Waals surface area contributed by atoms with E-state index in [9.17, 15) is 9.18 Å². The summed E-state index contributed by atoms with van der Waals surface area (Å²) in [5, 5.41) is 9.04. The minimum absolute atomic E-state index is 0.0457. The first-order valence-electron chi connectivity index (χ1n) is 5.04. The third-order valence-electron chi connectivity index (χ3n) is 2.42. The molecule has 0 bridgehead atoms. The van der Waals surface area contributed by atoms with Gasteiger partial charge >= 0.3 is 5.97 Å². The largest absolute Gasteiger partial charge is 0.478 e. The Morgan fingerprint density at radius 2 is 2.06 bits per heavy atom. The molecule has 0 radical (unpaired) electrons. The number of aromatic carboxylic acids is 1. The topological polar surface area (TPSA) is 50.2 Å². The molecule has 17 heavy (non-hydrogen) atoms. The van der Waals surface area contributed by atoms with Crippen LogP contribution in [0, 0.1) is 12.7 Å². The normalized spacial score (nSPS) is 10.2. The number of aromatic nitrogens is 1. The minimum Gasteiger partial charge on any atom is -0.478 e. The van der Waals surface area contributed by atoms with E-state index in [4.69, 9.17) is 5.11 Å². The van der Waals surface area contributed by atoms with Crippen LogP contribution in [-0.4, -0.2) is 16.1 Å². The van der Waals surface area contributed by atoms with Crippen LogP contribution in [0.5, 0.6) is 0 Å². The third kappa shape index (κ3) is 2.30. The maximum Gasteiger partial charge on any atom is 0.336 e. The lowest BCUT2D eigenvalue weighted by Crippen LogP contribution is -2.00. The lowest BCUT2D eigenvalue weighted by atomic mass is 10.00. The van der Waals surface area contributed by atoms with Crippen molar-refractivity contribution in [1.29, 1.82) is 0 Å². The Bertz CT molecular complexity index is 581. The maximum absolute atomic E-state index is 13.0. The van der Waals surface area contributed by atoms with Crippen LogP contribution < -0.4 is 0 Å². The molecule has 0 saturated carbocycles. The molecule has 1 aromatic carbocycles. The molecule has 0 saturated heterocycles. The second-order valence-corrected chi connectivity index (χ2v) is 3.68. The molecule has 3 nitrogen and oxygen atoms in total. The summed E-state index contributed by atoms with van der Waals surface area (Å²) in [5.74, 6) is -1.70. The SMILES string of the molecule is Cc1cc(-c2ccc(F)cc2C(=O)O)ccn1. The van der Waals surface area contributed by atoms with Gasteiger partial charge in [0.05, 0.1) is 5.56 Å². The Morgan fingerprint density at radius 3 is 2.71 bits per heavy atom. The van der Waals surface area contributed by atoms with Gasteiger partial charge in [0, 0.05) is 11.9 Å². The number of pyridine rings is 1. The van der Waals surface area contributed by atoms with Gasteiger partial charge in [-0.3, -0.25) is 4.98 Å². The van der Waals surface area contributed by atoms with Crippen molar-refractivity contribution < 1.29 is 14.3 Å². The van der Waals surface area contributed by atoms with E-state index in [2.05, 4.69) is 4.98 Å². The number of hydrogen-bond donors (Lipinski definition) is 1.